The number of Topliss-reactive ketones (excluding diaryl/α,β-unsaturated/α-hetero) is 1. The Morgan fingerprint density at radius 3 is 2.05 bits per heavy atom. The van der Waals surface area contributed by atoms with Crippen molar-refractivity contribution in [3.8, 4) is 0 Å². The van der Waals surface area contributed by atoms with Gasteiger partial charge in [0.05, 0.1) is 0 Å². The minimum Gasteiger partial charge on any atom is -0.318 e. The van der Waals surface area contributed by atoms with Gasteiger partial charge in [0.25, 0.3) is 0 Å². The van der Waals surface area contributed by atoms with E-state index in [1.807, 2.05) is 12.1 Å². The number of carbonyl (C=O) groups is 3. The summed E-state index contributed by atoms with van der Waals surface area (Å²) in [5, 5.41) is 4.97. The first kappa shape index (κ1) is 16.2. The smallest absolute Gasteiger partial charge is 0.314 e. The van der Waals surface area contributed by atoms with Gasteiger partial charge >= 0.3 is 11.8 Å². The summed E-state index contributed by atoms with van der Waals surface area (Å²) in [6, 6.07) is 13.5. The van der Waals surface area contributed by atoms with Gasteiger partial charge in [0.15, 0.2) is 5.78 Å². The van der Waals surface area contributed by atoms with Crippen molar-refractivity contribution in [3.05, 3.63) is 57.7 Å². The Bertz CT molecular complexity index is 726. The standard InChI is InChI=1S/C16H13IN2O3/c1-10(20)11-3-2-4-14(9-11)19-16(22)15(21)18-13-7-5-12(17)6-8-13/h2-9H,1H3,(H,18,21)(H,19,22). The van der Waals surface area contributed by atoms with Crippen LogP contribution in [0.1, 0.15) is 17.3 Å². The van der Waals surface area contributed by atoms with Crippen LogP contribution in [0.4, 0.5) is 11.4 Å². The van der Waals surface area contributed by atoms with Crippen molar-refractivity contribution in [2.45, 2.75) is 6.92 Å². The zero-order valence-corrected chi connectivity index (χ0v) is 13.9. The first-order valence-electron chi connectivity index (χ1n) is 6.44. The molecule has 2 aromatic rings. The predicted octanol–water partition coefficient (Wildman–Crippen LogP) is 3.07. The maximum absolute atomic E-state index is 11.9. The summed E-state index contributed by atoms with van der Waals surface area (Å²) >= 11 is 2.15. The van der Waals surface area contributed by atoms with Crippen molar-refractivity contribution in [2.24, 2.45) is 0 Å². The average molecular weight is 408 g/mol. The molecule has 2 N–H and O–H groups in total. The summed E-state index contributed by atoms with van der Waals surface area (Å²) < 4.78 is 1.03. The maximum Gasteiger partial charge on any atom is 0.314 e. The lowest BCUT2D eigenvalue weighted by atomic mass is 10.1. The molecule has 0 aliphatic rings. The maximum atomic E-state index is 11.9. The van der Waals surface area contributed by atoms with E-state index in [0.29, 0.717) is 16.9 Å². The highest BCUT2D eigenvalue weighted by Crippen LogP contribution is 2.13. The molecule has 6 heteroatoms. The first-order valence-corrected chi connectivity index (χ1v) is 7.52. The highest BCUT2D eigenvalue weighted by atomic mass is 127. The van der Waals surface area contributed by atoms with Gasteiger partial charge in [-0.1, -0.05) is 12.1 Å². The van der Waals surface area contributed by atoms with Crippen molar-refractivity contribution in [3.63, 3.8) is 0 Å². The topological polar surface area (TPSA) is 75.3 Å². The molecule has 0 heterocycles. The Balaban J connectivity index is 2.02. The number of anilines is 2. The molecule has 2 amide bonds. The van der Waals surface area contributed by atoms with Gasteiger partial charge in [0, 0.05) is 20.5 Å². The summed E-state index contributed by atoms with van der Waals surface area (Å²) in [4.78, 5) is 35.0. The molecule has 0 fully saturated rings. The zero-order chi connectivity index (χ0) is 16.1. The van der Waals surface area contributed by atoms with Crippen molar-refractivity contribution in [2.75, 3.05) is 10.6 Å². The molecule has 2 rings (SSSR count). The zero-order valence-electron chi connectivity index (χ0n) is 11.7. The molecule has 0 unspecified atom stereocenters. The van der Waals surface area contributed by atoms with Gasteiger partial charge in [-0.3, -0.25) is 14.4 Å². The molecule has 5 nitrogen and oxygen atoms in total. The molecule has 0 atom stereocenters. The number of hydrogen-bond donors (Lipinski definition) is 2. The van der Waals surface area contributed by atoms with Crippen LogP contribution in [0.2, 0.25) is 0 Å². The second-order valence-corrected chi connectivity index (χ2v) is 5.80. The van der Waals surface area contributed by atoms with E-state index in [1.54, 1.807) is 30.3 Å². The number of benzene rings is 2. The van der Waals surface area contributed by atoms with E-state index in [0.717, 1.165) is 3.57 Å². The third kappa shape index (κ3) is 4.39. The third-order valence-electron chi connectivity index (χ3n) is 2.84. The largest absolute Gasteiger partial charge is 0.318 e. The third-order valence-corrected chi connectivity index (χ3v) is 3.55. The SMILES string of the molecule is CC(=O)c1cccc(NC(=O)C(=O)Nc2ccc(I)cc2)c1. The molecule has 0 saturated carbocycles. The van der Waals surface area contributed by atoms with Crippen LogP contribution in [0.25, 0.3) is 0 Å². The van der Waals surface area contributed by atoms with Crippen LogP contribution >= 0.6 is 22.6 Å². The average Bonchev–Trinajstić information content (AvgIpc) is 2.49. The Hall–Kier alpha value is -2.22. The molecule has 0 aliphatic heterocycles. The normalized spacial score (nSPS) is 9.91. The van der Waals surface area contributed by atoms with Gasteiger partial charge in [-0.15, -0.1) is 0 Å². The minimum atomic E-state index is -0.792. The molecule has 2 aromatic carbocycles. The van der Waals surface area contributed by atoms with Gasteiger partial charge in [0.2, 0.25) is 0 Å². The summed E-state index contributed by atoms with van der Waals surface area (Å²) in [6.45, 7) is 1.43. The summed E-state index contributed by atoms with van der Waals surface area (Å²) in [5.74, 6) is -1.67. The van der Waals surface area contributed by atoms with Crippen LogP contribution in [0, 0.1) is 3.57 Å². The van der Waals surface area contributed by atoms with Crippen molar-refractivity contribution >= 4 is 51.6 Å². The lowest BCUT2D eigenvalue weighted by molar-refractivity contribution is -0.132. The van der Waals surface area contributed by atoms with Crippen molar-refractivity contribution < 1.29 is 14.4 Å². The Morgan fingerprint density at radius 1 is 0.864 bits per heavy atom. The molecule has 22 heavy (non-hydrogen) atoms. The van der Waals surface area contributed by atoms with Gasteiger partial charge < -0.3 is 10.6 Å². The van der Waals surface area contributed by atoms with E-state index >= 15 is 0 Å². The summed E-state index contributed by atoms with van der Waals surface area (Å²) in [7, 11) is 0. The summed E-state index contributed by atoms with van der Waals surface area (Å²) in [5.41, 5.74) is 1.41. The number of nitrogens with one attached hydrogen (secondary N) is 2. The summed E-state index contributed by atoms with van der Waals surface area (Å²) in [6.07, 6.45) is 0. The number of carbonyl (C=O) groups excluding carboxylic acids is 3. The van der Waals surface area contributed by atoms with Crippen LogP contribution in [0.15, 0.2) is 48.5 Å². The van der Waals surface area contributed by atoms with E-state index in [9.17, 15) is 14.4 Å². The second kappa shape index (κ2) is 7.17. The minimum absolute atomic E-state index is 0.112. The molecule has 112 valence electrons. The van der Waals surface area contributed by atoms with Crippen molar-refractivity contribution in [1.29, 1.82) is 0 Å². The van der Waals surface area contributed by atoms with E-state index in [2.05, 4.69) is 33.2 Å². The first-order chi connectivity index (χ1) is 10.5. The van der Waals surface area contributed by atoms with Gasteiger partial charge in [-0.2, -0.15) is 0 Å². The highest BCUT2D eigenvalue weighted by Gasteiger charge is 2.14. The van der Waals surface area contributed by atoms with E-state index in [1.165, 1.54) is 13.0 Å². The molecule has 0 radical (unpaired) electrons. The number of ketones is 1. The molecular weight excluding hydrogens is 395 g/mol. The number of rotatable bonds is 3. The molecule has 0 aliphatic carbocycles. The van der Waals surface area contributed by atoms with Crippen LogP contribution in [0.3, 0.4) is 0 Å². The van der Waals surface area contributed by atoms with Gasteiger partial charge in [-0.05, 0) is 65.9 Å². The Morgan fingerprint density at radius 2 is 1.45 bits per heavy atom. The lowest BCUT2D eigenvalue weighted by Crippen LogP contribution is -2.29. The fourth-order valence-corrected chi connectivity index (χ4v) is 2.08. The number of amides is 2. The van der Waals surface area contributed by atoms with E-state index in [-0.39, 0.29) is 5.78 Å². The molecule has 0 saturated heterocycles. The molecule has 0 bridgehead atoms. The van der Waals surface area contributed by atoms with Gasteiger partial charge in [-0.25, -0.2) is 0 Å². The number of halogens is 1. The van der Waals surface area contributed by atoms with Crippen LogP contribution in [-0.4, -0.2) is 17.6 Å². The monoisotopic (exact) mass is 408 g/mol. The van der Waals surface area contributed by atoms with Crippen LogP contribution in [-0.2, 0) is 9.59 Å². The molecular formula is C16H13IN2O3. The van der Waals surface area contributed by atoms with E-state index in [4.69, 9.17) is 0 Å². The van der Waals surface area contributed by atoms with Crippen LogP contribution in [0.5, 0.6) is 0 Å². The Kier molecular flexibility index (Phi) is 5.26. The predicted molar refractivity (Wildman–Crippen MR) is 92.9 cm³/mol. The van der Waals surface area contributed by atoms with Crippen LogP contribution < -0.4 is 10.6 Å². The quantitative estimate of drug-likeness (QED) is 0.466. The molecule has 0 spiro atoms. The second-order valence-electron chi connectivity index (χ2n) is 4.55. The van der Waals surface area contributed by atoms with E-state index < -0.39 is 11.8 Å². The highest BCUT2D eigenvalue weighted by molar-refractivity contribution is 14.1. The molecule has 0 aromatic heterocycles. The van der Waals surface area contributed by atoms with Gasteiger partial charge in [0.1, 0.15) is 0 Å². The fourth-order valence-electron chi connectivity index (χ4n) is 1.72. The Labute approximate surface area is 141 Å². The lowest BCUT2D eigenvalue weighted by Gasteiger charge is -2.07. The fraction of sp³-hybridized carbons (Fsp3) is 0.0625. The number of hydrogen-bond acceptors (Lipinski definition) is 3. The van der Waals surface area contributed by atoms with Crippen molar-refractivity contribution in [1.82, 2.24) is 0 Å².